The number of hydrogen-bond donors (Lipinski definition) is 1. The average Bonchev–Trinajstić information content (AvgIpc) is 2.96. The largest absolute Gasteiger partial charge is 0.446 e. The van der Waals surface area contributed by atoms with Gasteiger partial charge in [-0.05, 0) is 25.0 Å². The number of ether oxygens (including phenoxy) is 1. The number of hydrogen-bond acceptors (Lipinski definition) is 5. The highest BCUT2D eigenvalue weighted by Gasteiger charge is 2.40. The van der Waals surface area contributed by atoms with E-state index in [4.69, 9.17) is 14.3 Å². The fourth-order valence-corrected chi connectivity index (χ4v) is 3.91. The van der Waals surface area contributed by atoms with Crippen LogP contribution in [0.25, 0.3) is 0 Å². The van der Waals surface area contributed by atoms with Crippen molar-refractivity contribution in [3.8, 4) is 0 Å². The Balaban J connectivity index is 1.86. The van der Waals surface area contributed by atoms with Crippen molar-refractivity contribution in [3.63, 3.8) is 0 Å². The Morgan fingerprint density at radius 1 is 1.28 bits per heavy atom. The molecule has 0 aliphatic carbocycles. The van der Waals surface area contributed by atoms with Crippen LogP contribution < -0.4 is 0 Å². The van der Waals surface area contributed by atoms with Crippen LogP contribution in [0.15, 0.2) is 21.6 Å². The molecule has 2 bridgehead atoms. The number of aliphatic hydroxyl groups is 1. The monoisotopic (exact) mass is 273 g/mol. The maximum Gasteiger partial charge on any atom is 0.276 e. The van der Waals surface area contributed by atoms with Crippen molar-refractivity contribution in [2.45, 2.75) is 36.7 Å². The first kappa shape index (κ1) is 12.2. The Hall–Kier alpha value is -0.890. The smallest absolute Gasteiger partial charge is 0.276 e. The van der Waals surface area contributed by atoms with Gasteiger partial charge in [0.15, 0.2) is 0 Å². The highest BCUT2D eigenvalue weighted by atomic mass is 32.2. The van der Waals surface area contributed by atoms with Crippen molar-refractivity contribution in [2.75, 3.05) is 13.1 Å². The second-order valence-electron chi connectivity index (χ2n) is 4.66. The fraction of sp³-hybridized carbons (Fsp3) is 0.636. The summed E-state index contributed by atoms with van der Waals surface area (Å²) in [5, 5.41) is 8.80. The van der Waals surface area contributed by atoms with Crippen molar-refractivity contribution < 1.29 is 22.7 Å². The predicted octanol–water partition coefficient (Wildman–Crippen LogP) is 0.324. The molecule has 7 heteroatoms. The minimum absolute atomic E-state index is 0.00537. The molecule has 100 valence electrons. The molecule has 2 atom stereocenters. The molecule has 2 fully saturated rings. The lowest BCUT2D eigenvalue weighted by Crippen LogP contribution is -2.45. The minimum atomic E-state index is -3.60. The number of aliphatic hydroxyl groups excluding tert-OH is 1. The number of furan rings is 1. The van der Waals surface area contributed by atoms with Gasteiger partial charge in [0.1, 0.15) is 12.4 Å². The third kappa shape index (κ3) is 1.97. The summed E-state index contributed by atoms with van der Waals surface area (Å²) >= 11 is 0. The summed E-state index contributed by atoms with van der Waals surface area (Å²) in [6.45, 7) is 0.464. The first-order chi connectivity index (χ1) is 8.59. The normalized spacial score (nSPS) is 28.7. The lowest BCUT2D eigenvalue weighted by Gasteiger charge is -2.30. The van der Waals surface area contributed by atoms with Gasteiger partial charge >= 0.3 is 0 Å². The number of morpholine rings is 1. The molecular formula is C11H15NO5S. The molecule has 0 radical (unpaired) electrons. The van der Waals surface area contributed by atoms with Crippen LogP contribution in [0, 0.1) is 0 Å². The van der Waals surface area contributed by atoms with Gasteiger partial charge in [-0.25, -0.2) is 8.42 Å². The Morgan fingerprint density at radius 3 is 2.50 bits per heavy atom. The van der Waals surface area contributed by atoms with E-state index >= 15 is 0 Å². The first-order valence-electron chi connectivity index (χ1n) is 5.95. The van der Waals surface area contributed by atoms with E-state index < -0.39 is 10.0 Å². The van der Waals surface area contributed by atoms with Crippen molar-refractivity contribution in [1.82, 2.24) is 4.31 Å². The third-order valence-electron chi connectivity index (χ3n) is 3.40. The second-order valence-corrected chi connectivity index (χ2v) is 6.53. The molecule has 1 N–H and O–H groups in total. The molecule has 2 saturated heterocycles. The topological polar surface area (TPSA) is 80.0 Å². The van der Waals surface area contributed by atoms with Gasteiger partial charge < -0.3 is 14.3 Å². The van der Waals surface area contributed by atoms with Gasteiger partial charge in [-0.15, -0.1) is 0 Å². The Kier molecular flexibility index (Phi) is 2.93. The molecular weight excluding hydrogens is 258 g/mol. The average molecular weight is 273 g/mol. The number of sulfonamides is 1. The molecule has 0 amide bonds. The van der Waals surface area contributed by atoms with Gasteiger partial charge in [-0.1, -0.05) is 0 Å². The van der Waals surface area contributed by atoms with Gasteiger partial charge in [0.25, 0.3) is 10.0 Å². The summed E-state index contributed by atoms with van der Waals surface area (Å²) in [7, 11) is -3.60. The number of rotatable bonds is 3. The van der Waals surface area contributed by atoms with Crippen LogP contribution in [0.5, 0.6) is 0 Å². The van der Waals surface area contributed by atoms with E-state index in [1.165, 1.54) is 16.4 Å². The fourth-order valence-electron chi connectivity index (χ4n) is 2.48. The summed E-state index contributed by atoms with van der Waals surface area (Å²) in [6, 6.07) is 2.86. The SMILES string of the molecule is O=S(=O)(c1ccc(CO)o1)N1CC2CCC(C1)O2. The van der Waals surface area contributed by atoms with Crippen molar-refractivity contribution >= 4 is 10.0 Å². The molecule has 3 rings (SSSR count). The van der Waals surface area contributed by atoms with E-state index in [0.717, 1.165) is 12.8 Å². The van der Waals surface area contributed by atoms with Crippen molar-refractivity contribution in [1.29, 1.82) is 0 Å². The van der Waals surface area contributed by atoms with Gasteiger partial charge in [-0.2, -0.15) is 4.31 Å². The zero-order valence-corrected chi connectivity index (χ0v) is 10.6. The van der Waals surface area contributed by atoms with Crippen LogP contribution in [0.1, 0.15) is 18.6 Å². The Morgan fingerprint density at radius 2 is 1.94 bits per heavy atom. The van der Waals surface area contributed by atoms with E-state index in [9.17, 15) is 8.42 Å². The Bertz CT molecular complexity index is 525. The van der Waals surface area contributed by atoms with Crippen molar-refractivity contribution in [3.05, 3.63) is 17.9 Å². The zero-order valence-electron chi connectivity index (χ0n) is 9.78. The molecule has 0 saturated carbocycles. The molecule has 18 heavy (non-hydrogen) atoms. The lowest BCUT2D eigenvalue weighted by atomic mass is 10.2. The summed E-state index contributed by atoms with van der Waals surface area (Å²) in [5.41, 5.74) is 0. The first-order valence-corrected chi connectivity index (χ1v) is 7.39. The number of nitrogens with zero attached hydrogens (tertiary/aromatic N) is 1. The molecule has 1 aromatic rings. The second kappa shape index (κ2) is 4.34. The molecule has 2 aliphatic rings. The lowest BCUT2D eigenvalue weighted by molar-refractivity contribution is -0.0118. The van der Waals surface area contributed by atoms with Gasteiger partial charge in [0.05, 0.1) is 12.2 Å². The molecule has 6 nitrogen and oxygen atoms in total. The summed E-state index contributed by atoms with van der Waals surface area (Å²) in [4.78, 5) is 0. The van der Waals surface area contributed by atoms with E-state index in [-0.39, 0.29) is 29.7 Å². The van der Waals surface area contributed by atoms with Crippen LogP contribution in [0.4, 0.5) is 0 Å². The third-order valence-corrected chi connectivity index (χ3v) is 5.10. The van der Waals surface area contributed by atoms with Crippen LogP contribution in [0.3, 0.4) is 0 Å². The van der Waals surface area contributed by atoms with Crippen LogP contribution in [-0.4, -0.2) is 43.1 Å². The Labute approximate surface area is 105 Å². The maximum absolute atomic E-state index is 12.3. The predicted molar refractivity (Wildman–Crippen MR) is 61.3 cm³/mol. The summed E-state index contributed by atoms with van der Waals surface area (Å²) < 4.78 is 36.8. The minimum Gasteiger partial charge on any atom is -0.446 e. The van der Waals surface area contributed by atoms with Crippen LogP contribution >= 0.6 is 0 Å². The molecule has 1 aromatic heterocycles. The van der Waals surface area contributed by atoms with E-state index in [2.05, 4.69) is 0 Å². The standard InChI is InChI=1S/C11H15NO5S/c13-7-10-3-4-11(17-10)18(14,15)12-5-8-1-2-9(6-12)16-8/h3-4,8-9,13H,1-2,5-7H2. The molecule has 3 heterocycles. The van der Waals surface area contributed by atoms with Crippen LogP contribution in [-0.2, 0) is 21.4 Å². The van der Waals surface area contributed by atoms with Crippen LogP contribution in [0.2, 0.25) is 0 Å². The molecule has 0 aromatic carbocycles. The molecule has 2 aliphatic heterocycles. The van der Waals surface area contributed by atoms with E-state index in [1.54, 1.807) is 0 Å². The summed E-state index contributed by atoms with van der Waals surface area (Å²) in [6.07, 6.45) is 1.84. The highest BCUT2D eigenvalue weighted by Crippen LogP contribution is 2.30. The van der Waals surface area contributed by atoms with Gasteiger partial charge in [0, 0.05) is 13.1 Å². The summed E-state index contributed by atoms with van der Waals surface area (Å²) in [5.74, 6) is 0.254. The van der Waals surface area contributed by atoms with Gasteiger partial charge in [-0.3, -0.25) is 0 Å². The van der Waals surface area contributed by atoms with Gasteiger partial charge in [0.2, 0.25) is 5.09 Å². The molecule has 2 unspecified atom stereocenters. The highest BCUT2D eigenvalue weighted by molar-refractivity contribution is 7.89. The maximum atomic E-state index is 12.3. The zero-order chi connectivity index (χ0) is 12.8. The molecule has 0 spiro atoms. The van der Waals surface area contributed by atoms with E-state index in [1.807, 2.05) is 0 Å². The quantitative estimate of drug-likeness (QED) is 0.858. The number of fused-ring (bicyclic) bond motifs is 2. The van der Waals surface area contributed by atoms with Crippen molar-refractivity contribution in [2.24, 2.45) is 0 Å². The van der Waals surface area contributed by atoms with E-state index in [0.29, 0.717) is 13.1 Å².